The minimum atomic E-state index is 0.365. The van der Waals surface area contributed by atoms with Crippen LogP contribution in [0.2, 0.25) is 0 Å². The van der Waals surface area contributed by atoms with Gasteiger partial charge in [-0.2, -0.15) is 0 Å². The van der Waals surface area contributed by atoms with Crippen molar-refractivity contribution in [2.45, 2.75) is 46.0 Å². The van der Waals surface area contributed by atoms with Gasteiger partial charge in [0, 0.05) is 11.6 Å². The highest BCUT2D eigenvalue weighted by molar-refractivity contribution is 7.98. The molecule has 1 heterocycles. The third-order valence-corrected chi connectivity index (χ3v) is 4.59. The zero-order chi connectivity index (χ0) is 15.2. The van der Waals surface area contributed by atoms with Gasteiger partial charge in [-0.1, -0.05) is 45.4 Å². The van der Waals surface area contributed by atoms with Crippen molar-refractivity contribution < 1.29 is 0 Å². The third kappa shape index (κ3) is 4.37. The molecule has 1 atom stereocenters. The number of aryl methyl sites for hydroxylation is 1. The molecule has 0 bridgehead atoms. The van der Waals surface area contributed by atoms with Crippen molar-refractivity contribution in [3.8, 4) is 0 Å². The summed E-state index contributed by atoms with van der Waals surface area (Å²) in [6.07, 6.45) is 7.67. The highest BCUT2D eigenvalue weighted by Crippen LogP contribution is 2.32. The maximum Gasteiger partial charge on any atom is 0.104 e. The first-order chi connectivity index (χ1) is 10.1. The molecule has 0 saturated heterocycles. The standard InChI is InChI=1S/C18H26N2S/c1-5-15(4)17-10-9-16(8-6-7-14(2)3)11-18(17)20-12-19-21-13-20/h5,9-12,14-15H,1,6-8,13H2,2-4H3. The lowest BCUT2D eigenvalue weighted by Gasteiger charge is -2.21. The Labute approximate surface area is 133 Å². The molecule has 1 aromatic rings. The quantitative estimate of drug-likeness (QED) is 0.494. The fraction of sp³-hybridized carbons (Fsp3) is 0.500. The van der Waals surface area contributed by atoms with E-state index in [1.807, 2.05) is 12.4 Å². The molecule has 1 aliphatic rings. The molecule has 1 aromatic carbocycles. The molecule has 2 rings (SSSR count). The summed E-state index contributed by atoms with van der Waals surface area (Å²) >= 11 is 1.60. The van der Waals surface area contributed by atoms with Crippen molar-refractivity contribution in [2.75, 3.05) is 10.8 Å². The predicted octanol–water partition coefficient (Wildman–Crippen LogP) is 5.41. The first-order valence-corrected chi connectivity index (χ1v) is 8.73. The van der Waals surface area contributed by atoms with Gasteiger partial charge >= 0.3 is 0 Å². The minimum Gasteiger partial charge on any atom is -0.320 e. The van der Waals surface area contributed by atoms with Crippen molar-refractivity contribution in [3.05, 3.63) is 42.0 Å². The van der Waals surface area contributed by atoms with Gasteiger partial charge in [-0.3, -0.25) is 0 Å². The van der Waals surface area contributed by atoms with Gasteiger partial charge in [0.05, 0.1) is 5.88 Å². The number of nitrogens with zero attached hydrogens (tertiary/aromatic N) is 2. The Morgan fingerprint density at radius 1 is 1.38 bits per heavy atom. The van der Waals surface area contributed by atoms with Crippen LogP contribution >= 0.6 is 11.9 Å². The Balaban J connectivity index is 2.19. The summed E-state index contributed by atoms with van der Waals surface area (Å²) in [5, 5.41) is 0. The molecular formula is C18H26N2S. The lowest BCUT2D eigenvalue weighted by molar-refractivity contribution is 0.556. The van der Waals surface area contributed by atoms with Crippen LogP contribution in [0.3, 0.4) is 0 Å². The number of allylic oxidation sites excluding steroid dienone is 1. The molecule has 114 valence electrons. The largest absolute Gasteiger partial charge is 0.320 e. The predicted molar refractivity (Wildman–Crippen MR) is 96.3 cm³/mol. The molecule has 0 spiro atoms. The summed E-state index contributed by atoms with van der Waals surface area (Å²) in [4.78, 5) is 2.24. The van der Waals surface area contributed by atoms with Crippen LogP contribution in [0.15, 0.2) is 35.3 Å². The second kappa shape index (κ2) is 7.69. The second-order valence-corrected chi connectivity index (χ2v) is 6.88. The lowest BCUT2D eigenvalue weighted by atomic mass is 9.95. The Bertz CT molecular complexity index is 508. The number of hydrogen-bond donors (Lipinski definition) is 0. The maximum absolute atomic E-state index is 4.27. The summed E-state index contributed by atoms with van der Waals surface area (Å²) in [7, 11) is 0. The van der Waals surface area contributed by atoms with Crippen LogP contribution in [-0.4, -0.2) is 12.2 Å². The molecular weight excluding hydrogens is 276 g/mol. The van der Waals surface area contributed by atoms with Gasteiger partial charge in [0.1, 0.15) is 6.34 Å². The van der Waals surface area contributed by atoms with E-state index in [0.29, 0.717) is 5.92 Å². The van der Waals surface area contributed by atoms with E-state index in [-0.39, 0.29) is 0 Å². The van der Waals surface area contributed by atoms with Crippen LogP contribution in [-0.2, 0) is 6.42 Å². The Morgan fingerprint density at radius 3 is 2.81 bits per heavy atom. The van der Waals surface area contributed by atoms with Crippen LogP contribution in [0.1, 0.15) is 50.7 Å². The molecule has 0 N–H and O–H groups in total. The van der Waals surface area contributed by atoms with E-state index in [9.17, 15) is 0 Å². The average molecular weight is 302 g/mol. The van der Waals surface area contributed by atoms with Crippen molar-refractivity contribution in [3.63, 3.8) is 0 Å². The molecule has 2 nitrogen and oxygen atoms in total. The normalized spacial score (nSPS) is 15.7. The summed E-state index contributed by atoms with van der Waals surface area (Å²) in [6, 6.07) is 6.89. The average Bonchev–Trinajstić information content (AvgIpc) is 3.00. The Hall–Kier alpha value is -1.22. The summed E-state index contributed by atoms with van der Waals surface area (Å²) in [5.41, 5.74) is 4.06. The van der Waals surface area contributed by atoms with E-state index in [4.69, 9.17) is 0 Å². The molecule has 3 heteroatoms. The first-order valence-electron chi connectivity index (χ1n) is 7.79. The van der Waals surface area contributed by atoms with Crippen LogP contribution in [0.4, 0.5) is 5.69 Å². The van der Waals surface area contributed by atoms with Gasteiger partial charge in [-0.25, -0.2) is 4.40 Å². The third-order valence-electron chi connectivity index (χ3n) is 3.95. The molecule has 0 aliphatic carbocycles. The molecule has 0 radical (unpaired) electrons. The molecule has 1 unspecified atom stereocenters. The van der Waals surface area contributed by atoms with Gasteiger partial charge in [-0.15, -0.1) is 6.58 Å². The second-order valence-electron chi connectivity index (χ2n) is 6.15. The topological polar surface area (TPSA) is 15.6 Å². The van der Waals surface area contributed by atoms with Gasteiger partial charge in [0.15, 0.2) is 0 Å². The van der Waals surface area contributed by atoms with Crippen LogP contribution in [0, 0.1) is 5.92 Å². The van der Waals surface area contributed by atoms with E-state index >= 15 is 0 Å². The highest BCUT2D eigenvalue weighted by Gasteiger charge is 2.16. The zero-order valence-electron chi connectivity index (χ0n) is 13.4. The summed E-state index contributed by atoms with van der Waals surface area (Å²) in [5.74, 6) is 2.06. The molecule has 0 fully saturated rings. The molecule has 1 aliphatic heterocycles. The monoisotopic (exact) mass is 302 g/mol. The van der Waals surface area contributed by atoms with Gasteiger partial charge < -0.3 is 4.90 Å². The van der Waals surface area contributed by atoms with Crippen LogP contribution < -0.4 is 4.90 Å². The van der Waals surface area contributed by atoms with E-state index in [1.54, 1.807) is 11.9 Å². The van der Waals surface area contributed by atoms with Gasteiger partial charge in [-0.05, 0) is 47.9 Å². The number of hydrogen-bond acceptors (Lipinski definition) is 3. The van der Waals surface area contributed by atoms with Crippen molar-refractivity contribution in [1.29, 1.82) is 0 Å². The van der Waals surface area contributed by atoms with Crippen molar-refractivity contribution in [2.24, 2.45) is 10.3 Å². The fourth-order valence-electron chi connectivity index (χ4n) is 2.57. The Morgan fingerprint density at radius 2 is 2.19 bits per heavy atom. The summed E-state index contributed by atoms with van der Waals surface area (Å²) < 4.78 is 4.27. The molecule has 0 aromatic heterocycles. The Kier molecular flexibility index (Phi) is 5.92. The van der Waals surface area contributed by atoms with Gasteiger partial charge in [0.25, 0.3) is 0 Å². The van der Waals surface area contributed by atoms with Crippen molar-refractivity contribution in [1.82, 2.24) is 0 Å². The highest BCUT2D eigenvalue weighted by atomic mass is 32.2. The van der Waals surface area contributed by atoms with Crippen LogP contribution in [0.25, 0.3) is 0 Å². The van der Waals surface area contributed by atoms with E-state index in [0.717, 1.165) is 18.2 Å². The van der Waals surface area contributed by atoms with E-state index < -0.39 is 0 Å². The van der Waals surface area contributed by atoms with Crippen LogP contribution in [0.5, 0.6) is 0 Å². The van der Waals surface area contributed by atoms with Crippen molar-refractivity contribution >= 4 is 24.0 Å². The number of benzene rings is 1. The maximum atomic E-state index is 4.27. The SMILES string of the molecule is C=CC(C)c1ccc(CCCC(C)C)cc1N1C=NSC1. The minimum absolute atomic E-state index is 0.365. The van der Waals surface area contributed by atoms with E-state index in [1.165, 1.54) is 29.7 Å². The number of anilines is 1. The summed E-state index contributed by atoms with van der Waals surface area (Å²) in [6.45, 7) is 10.7. The molecule has 0 saturated carbocycles. The van der Waals surface area contributed by atoms with Gasteiger partial charge in [0.2, 0.25) is 0 Å². The molecule has 21 heavy (non-hydrogen) atoms. The first kappa shape index (κ1) is 16.2. The lowest BCUT2D eigenvalue weighted by Crippen LogP contribution is -2.18. The van der Waals surface area contributed by atoms with E-state index in [2.05, 4.69) is 54.8 Å². The smallest absolute Gasteiger partial charge is 0.104 e. The number of rotatable bonds is 7. The molecule has 0 amide bonds. The zero-order valence-corrected chi connectivity index (χ0v) is 14.2. The fourth-order valence-corrected chi connectivity index (χ4v) is 3.15.